The third-order valence-electron chi connectivity index (χ3n) is 18.3. The van der Waals surface area contributed by atoms with Gasteiger partial charge in [0.05, 0.1) is 49.1 Å². The maximum absolute atomic E-state index is 14.4. The van der Waals surface area contributed by atoms with Crippen LogP contribution in [0.3, 0.4) is 0 Å². The molecule has 0 unspecified atom stereocenters. The van der Waals surface area contributed by atoms with Gasteiger partial charge in [0.15, 0.2) is 5.82 Å². The maximum Gasteiger partial charge on any atom is 0.409 e. The van der Waals surface area contributed by atoms with Gasteiger partial charge >= 0.3 is 24.2 Å². The number of carbonyl (C=O) groups is 7. The molecule has 606 valence electrons. The number of para-hydroxylation sites is 1. The van der Waals surface area contributed by atoms with E-state index in [4.69, 9.17) is 65.7 Å². The van der Waals surface area contributed by atoms with E-state index in [2.05, 4.69) is 63.1 Å². The van der Waals surface area contributed by atoms with Gasteiger partial charge in [-0.2, -0.15) is 0 Å². The summed E-state index contributed by atoms with van der Waals surface area (Å²) in [7, 11) is 5.15. The van der Waals surface area contributed by atoms with Crippen molar-refractivity contribution in [3.05, 3.63) is 177 Å². The summed E-state index contributed by atoms with van der Waals surface area (Å²) >= 11 is 8.45. The number of nitrogens with two attached hydrogens (primary N) is 1. The lowest BCUT2D eigenvalue weighted by atomic mass is 9.96. The molecule has 0 spiro atoms. The summed E-state index contributed by atoms with van der Waals surface area (Å²) in [6.07, 6.45) is 0.247. The van der Waals surface area contributed by atoms with Crippen molar-refractivity contribution in [2.24, 2.45) is 16.8 Å². The highest BCUT2D eigenvalue weighted by atomic mass is 35.5. The van der Waals surface area contributed by atoms with Crippen molar-refractivity contribution in [3.8, 4) is 50.3 Å². The summed E-state index contributed by atoms with van der Waals surface area (Å²) in [5, 5.41) is 25.7. The molecule has 35 heteroatoms. The number of primary amides is 1. The minimum atomic E-state index is -1.48. The predicted octanol–water partition coefficient (Wildman–Crippen LogP) is 10.1. The van der Waals surface area contributed by atoms with Crippen LogP contribution in [-0.4, -0.2) is 231 Å². The molecule has 4 heterocycles. The summed E-state index contributed by atoms with van der Waals surface area (Å²) in [6.45, 7) is 11.2. The summed E-state index contributed by atoms with van der Waals surface area (Å²) in [4.78, 5) is 121. The number of fused-ring (bicyclic) bond motifs is 1. The molecule has 32 nitrogen and oxygen atoms in total. The van der Waals surface area contributed by atoms with Gasteiger partial charge in [0.2, 0.25) is 29.7 Å². The number of carboxylic acids is 1. The first-order valence-electron chi connectivity index (χ1n) is 36.9. The van der Waals surface area contributed by atoms with Crippen LogP contribution in [0, 0.1) is 18.7 Å². The van der Waals surface area contributed by atoms with E-state index in [-0.39, 0.29) is 111 Å². The first-order chi connectivity index (χ1) is 55.0. The second-order valence-corrected chi connectivity index (χ2v) is 28.3. The van der Waals surface area contributed by atoms with Crippen LogP contribution in [0.15, 0.2) is 133 Å². The highest BCUT2D eigenvalue weighted by Crippen LogP contribution is 2.50. The topological polar surface area (TPSA) is 401 Å². The Hall–Kier alpha value is -11.4. The minimum absolute atomic E-state index is 0.0137. The summed E-state index contributed by atoms with van der Waals surface area (Å²) < 4.78 is 60.9. The predicted molar refractivity (Wildman–Crippen MR) is 424 cm³/mol. The molecule has 0 aliphatic carbocycles. The van der Waals surface area contributed by atoms with Crippen molar-refractivity contribution in [2.45, 2.75) is 78.0 Å². The average molecular weight is 1610 g/mol. The maximum atomic E-state index is 14.4. The first kappa shape index (κ1) is 86.6. The van der Waals surface area contributed by atoms with Crippen molar-refractivity contribution in [3.63, 3.8) is 0 Å². The fraction of sp³-hybridized carbons (Fsp3) is 0.405. The number of aromatic nitrogens is 4. The van der Waals surface area contributed by atoms with Crippen LogP contribution >= 0.6 is 22.9 Å². The van der Waals surface area contributed by atoms with Crippen LogP contribution in [0.1, 0.15) is 54.6 Å². The molecule has 1 aliphatic heterocycles. The van der Waals surface area contributed by atoms with Crippen LogP contribution in [0.5, 0.6) is 17.4 Å². The third kappa shape index (κ3) is 26.1. The minimum Gasteiger partial charge on any atom is -0.491 e. The van der Waals surface area contributed by atoms with Gasteiger partial charge < -0.3 is 84.7 Å². The monoisotopic (exact) mass is 1610 g/mol. The number of azide groups is 1. The number of benzene rings is 5. The Kier molecular flexibility index (Phi) is 33.6. The zero-order valence-corrected chi connectivity index (χ0v) is 65.8. The molecule has 114 heavy (non-hydrogen) atoms. The fourth-order valence-corrected chi connectivity index (χ4v) is 13.2. The number of carbonyl (C=O) groups excluding carboxylic acids is 6. The smallest absolute Gasteiger partial charge is 0.409 e. The first-order valence-corrected chi connectivity index (χ1v) is 38.1. The molecule has 3 atom stereocenters. The van der Waals surface area contributed by atoms with Crippen molar-refractivity contribution in [1.29, 1.82) is 0 Å². The summed E-state index contributed by atoms with van der Waals surface area (Å²) in [5.74, 6) is -2.64. The number of thiophene rings is 1. The molecule has 1 aliphatic rings. The molecule has 9 rings (SSSR count). The van der Waals surface area contributed by atoms with Gasteiger partial charge in [-0.25, -0.2) is 43.5 Å². The number of likely N-dealkylation sites (N-methyl/N-ethyl adjacent to an activating group) is 3. The Labute approximate surface area is 667 Å². The molecule has 0 radical (unpaired) electrons. The lowest BCUT2D eigenvalue weighted by Gasteiger charge is -2.32. The van der Waals surface area contributed by atoms with Crippen molar-refractivity contribution < 1.29 is 81.0 Å². The number of urea groups is 1. The Morgan fingerprint density at radius 1 is 0.754 bits per heavy atom. The van der Waals surface area contributed by atoms with Gasteiger partial charge in [0.25, 0.3) is 0 Å². The van der Waals surface area contributed by atoms with Gasteiger partial charge in [-0.05, 0) is 109 Å². The molecule has 0 bridgehead atoms. The van der Waals surface area contributed by atoms with E-state index in [0.29, 0.717) is 99.9 Å². The number of carboxylic acid groups (broad SMARTS) is 1. The highest BCUT2D eigenvalue weighted by Gasteiger charge is 2.32. The van der Waals surface area contributed by atoms with E-state index in [1.54, 1.807) is 111 Å². The zero-order chi connectivity index (χ0) is 81.5. The molecule has 1 fully saturated rings. The van der Waals surface area contributed by atoms with Crippen LogP contribution in [-0.2, 0) is 69.1 Å². The van der Waals surface area contributed by atoms with Gasteiger partial charge in [0, 0.05) is 118 Å². The number of aliphatic carboxylic acids is 1. The van der Waals surface area contributed by atoms with E-state index in [1.165, 1.54) is 53.7 Å². The third-order valence-corrected chi connectivity index (χ3v) is 19.9. The molecular weight excluding hydrogens is 1520 g/mol. The Bertz CT molecular complexity index is 4610. The Morgan fingerprint density at radius 2 is 1.44 bits per heavy atom. The van der Waals surface area contributed by atoms with Crippen LogP contribution in [0.2, 0.25) is 5.02 Å². The number of rotatable bonds is 43. The molecule has 3 aromatic heterocycles. The van der Waals surface area contributed by atoms with Gasteiger partial charge in [-0.3, -0.25) is 19.3 Å². The lowest BCUT2D eigenvalue weighted by Crippen LogP contribution is -2.55. The Morgan fingerprint density at radius 3 is 2.14 bits per heavy atom. The number of piperazine rings is 1. The number of hydrogen-bond donors (Lipinski definition) is 6. The molecule has 7 N–H and O–H groups in total. The van der Waals surface area contributed by atoms with Gasteiger partial charge in [-0.1, -0.05) is 103 Å². The summed E-state index contributed by atoms with van der Waals surface area (Å²) in [5.41, 5.74) is 19.4. The number of nitrogens with zero attached hydrogens (tertiary/aromatic N) is 11. The van der Waals surface area contributed by atoms with Gasteiger partial charge in [0.1, 0.15) is 73.6 Å². The number of ether oxygens (including phenoxy) is 8. The molecule has 8 aromatic rings. The van der Waals surface area contributed by atoms with E-state index in [1.807, 2.05) is 19.1 Å². The fourth-order valence-electron chi connectivity index (χ4n) is 11.9. The van der Waals surface area contributed by atoms with Crippen molar-refractivity contribution >= 4 is 80.8 Å². The van der Waals surface area contributed by atoms with E-state index in [9.17, 15) is 43.1 Å². The average Bonchev–Trinajstić information content (AvgIpc) is 1.59. The Balaban J connectivity index is 0.746. The quantitative estimate of drug-likeness (QED) is 0.00895. The zero-order valence-electron chi connectivity index (χ0n) is 64.2. The largest absolute Gasteiger partial charge is 0.491 e. The second kappa shape index (κ2) is 44.2. The molecule has 7 amide bonds. The number of nitrogens with one attached hydrogen (secondary N) is 4. The number of amides is 7. The SMILES string of the molecule is Cc1c(-c2c(-c3ccc(F)cc3)sc3ncnc(O[C@H](Cc4ccccc4OCc4ccnc(-c5ccccc5COC(=O)N(C)CCN(C)C(=O)OCc5ccc(NC(=O)[C@H](CCCNC(N)=O)NC(=O)[C@@H](NC(=O)COCCOCCOCCN=[N+]=[N-])C(C)C)cc5)n4)C(=O)O)c23)ccc(OCCN2CCN(C)CC2)c1Cl. The van der Waals surface area contributed by atoms with E-state index >= 15 is 0 Å². The van der Waals surface area contributed by atoms with Crippen molar-refractivity contribution in [1.82, 2.24) is 55.5 Å². The molecule has 5 aromatic carbocycles. The van der Waals surface area contributed by atoms with E-state index in [0.717, 1.165) is 32.7 Å². The number of anilines is 1. The normalized spacial score (nSPS) is 13.0. The second-order valence-electron chi connectivity index (χ2n) is 26.9. The van der Waals surface area contributed by atoms with Crippen LogP contribution in [0.4, 0.5) is 24.5 Å². The van der Waals surface area contributed by atoms with E-state index < -0.39 is 71.8 Å². The standard InChI is InChI=1S/C79H94ClFN16O16S/c1-50(2)69(92-65(98)48-108-43-42-107-41-40-106-38-30-88-93-83)73(100)91-61(15-11-28-85-77(82)103)72(99)90-57-23-17-52(18-24-57)45-111-78(104)95(5)33-34-96(6)79(105)112-46-55-13-7-9-14-60(55)71-84-29-27-58(89-71)47-110-62-16-10-8-12-54(62)44-64(76(101)102)113-74-67-66(70(114-75(67)87-49-86-74)53-19-21-56(81)22-20-53)59-25-26-63(68(80)51(59)3)109-39-37-97-35-31-94(4)32-36-97/h7-10,12-14,16-27,29,49-50,61,64,69H,11,15,28,30-48H2,1-6H3,(H,90,99)(H,91,100)(H,92,98)(H,101,102)(H3,82,85,103)/t61-,64+,69-/m0/s1. The highest BCUT2D eigenvalue weighted by molar-refractivity contribution is 7.22. The molecular formula is C79H94ClFN16O16S. The number of halogens is 2. The van der Waals surface area contributed by atoms with Crippen molar-refractivity contribution in [2.75, 3.05) is 132 Å². The number of hydrogen-bond acceptors (Lipinski definition) is 23. The van der Waals surface area contributed by atoms with Gasteiger partial charge in [-0.15, -0.1) is 11.3 Å². The summed E-state index contributed by atoms with van der Waals surface area (Å²) in [6, 6.07) is 29.2. The van der Waals surface area contributed by atoms with Crippen LogP contribution < -0.4 is 41.2 Å². The van der Waals surface area contributed by atoms with Crippen LogP contribution in [0.25, 0.3) is 53.6 Å². The lowest BCUT2D eigenvalue weighted by molar-refractivity contribution is -0.145. The molecule has 0 saturated carbocycles. The molecule has 1 saturated heterocycles.